The van der Waals surface area contributed by atoms with Gasteiger partial charge in [0.25, 0.3) is 0 Å². The Hall–Kier alpha value is -2.31. The minimum absolute atomic E-state index is 0.133. The predicted molar refractivity (Wildman–Crippen MR) is 112 cm³/mol. The molecule has 2 heterocycles. The van der Waals surface area contributed by atoms with Gasteiger partial charge in [-0.05, 0) is 62.7 Å². The first-order chi connectivity index (χ1) is 13.5. The zero-order chi connectivity index (χ0) is 19.9. The second-order valence-corrected chi connectivity index (χ2v) is 7.74. The number of hydrogen-bond donors (Lipinski definition) is 1. The van der Waals surface area contributed by atoms with Crippen LogP contribution in [0, 0.1) is 5.92 Å². The fourth-order valence-electron chi connectivity index (χ4n) is 3.44. The number of rotatable bonds is 6. The first-order valence-electron chi connectivity index (χ1n) is 9.54. The van der Waals surface area contributed by atoms with E-state index in [0.717, 1.165) is 31.7 Å². The lowest BCUT2D eigenvalue weighted by molar-refractivity contribution is 0.170. The Balaban J connectivity index is 1.52. The summed E-state index contributed by atoms with van der Waals surface area (Å²) in [6.07, 6.45) is 4.07. The van der Waals surface area contributed by atoms with E-state index in [1.165, 1.54) is 6.42 Å². The van der Waals surface area contributed by atoms with Crippen LogP contribution in [0.2, 0.25) is 5.02 Å². The fourth-order valence-corrected chi connectivity index (χ4v) is 3.68. The van der Waals surface area contributed by atoms with E-state index in [4.69, 9.17) is 16.3 Å². The Kier molecular flexibility index (Phi) is 7.12. The maximum Gasteiger partial charge on any atom is 0.321 e. The summed E-state index contributed by atoms with van der Waals surface area (Å²) in [5.74, 6) is 1.07. The van der Waals surface area contributed by atoms with Gasteiger partial charge in [0.2, 0.25) is 0 Å². The maximum absolute atomic E-state index is 12.5. The molecule has 1 aromatic carbocycles. The van der Waals surface area contributed by atoms with Gasteiger partial charge in [0.05, 0.1) is 10.7 Å². The van der Waals surface area contributed by atoms with Crippen molar-refractivity contribution >= 4 is 23.3 Å². The van der Waals surface area contributed by atoms with Crippen molar-refractivity contribution < 1.29 is 9.53 Å². The molecule has 1 atom stereocenters. The third-order valence-electron chi connectivity index (χ3n) is 4.89. The SMILES string of the molecule is CN1CCCC(CN(C)C(=O)Nc2ccc(OCc3ccccn3)c(Cl)c2)C1. The third kappa shape index (κ3) is 5.84. The molecule has 2 amide bonds. The van der Waals surface area contributed by atoms with Gasteiger partial charge in [-0.1, -0.05) is 17.7 Å². The Bertz CT molecular complexity index is 787. The third-order valence-corrected chi connectivity index (χ3v) is 5.18. The summed E-state index contributed by atoms with van der Waals surface area (Å²) in [5, 5.41) is 3.35. The van der Waals surface area contributed by atoms with Gasteiger partial charge >= 0.3 is 6.03 Å². The highest BCUT2D eigenvalue weighted by Crippen LogP contribution is 2.28. The topological polar surface area (TPSA) is 57.7 Å². The molecule has 0 bridgehead atoms. The highest BCUT2D eigenvalue weighted by Gasteiger charge is 2.21. The van der Waals surface area contributed by atoms with Crippen LogP contribution in [0.3, 0.4) is 0 Å². The molecular formula is C21H27ClN4O2. The summed E-state index contributed by atoms with van der Waals surface area (Å²) in [7, 11) is 3.96. The van der Waals surface area contributed by atoms with Crippen molar-refractivity contribution in [1.82, 2.24) is 14.8 Å². The van der Waals surface area contributed by atoms with Gasteiger partial charge in [-0.25, -0.2) is 4.79 Å². The molecule has 7 heteroatoms. The van der Waals surface area contributed by atoms with E-state index in [0.29, 0.717) is 29.0 Å². The van der Waals surface area contributed by atoms with Crippen LogP contribution in [0.4, 0.5) is 10.5 Å². The number of aromatic nitrogens is 1. The van der Waals surface area contributed by atoms with Crippen molar-refractivity contribution in [3.8, 4) is 5.75 Å². The molecule has 0 saturated carbocycles. The van der Waals surface area contributed by atoms with Crippen LogP contribution in [-0.2, 0) is 6.61 Å². The highest BCUT2D eigenvalue weighted by molar-refractivity contribution is 6.32. The van der Waals surface area contributed by atoms with E-state index < -0.39 is 0 Å². The van der Waals surface area contributed by atoms with Gasteiger partial charge in [-0.3, -0.25) is 4.98 Å². The van der Waals surface area contributed by atoms with Gasteiger partial charge in [0.15, 0.2) is 0 Å². The smallest absolute Gasteiger partial charge is 0.321 e. The van der Waals surface area contributed by atoms with Crippen LogP contribution in [0.1, 0.15) is 18.5 Å². The quantitative estimate of drug-likeness (QED) is 0.789. The second kappa shape index (κ2) is 9.75. The molecule has 0 aliphatic carbocycles. The molecule has 1 unspecified atom stereocenters. The number of nitrogens with one attached hydrogen (secondary N) is 1. The number of amides is 2. The molecule has 0 radical (unpaired) electrons. The highest BCUT2D eigenvalue weighted by atomic mass is 35.5. The van der Waals surface area contributed by atoms with E-state index in [9.17, 15) is 4.79 Å². The van der Waals surface area contributed by atoms with Crippen LogP contribution in [-0.4, -0.2) is 54.5 Å². The average Bonchev–Trinajstić information content (AvgIpc) is 2.68. The minimum atomic E-state index is -0.133. The normalized spacial score (nSPS) is 17.2. The average molecular weight is 403 g/mol. The number of benzene rings is 1. The van der Waals surface area contributed by atoms with Crippen molar-refractivity contribution in [2.24, 2.45) is 5.92 Å². The molecule has 1 fully saturated rings. The van der Waals surface area contributed by atoms with Crippen molar-refractivity contribution in [3.63, 3.8) is 0 Å². The lowest BCUT2D eigenvalue weighted by Gasteiger charge is -2.32. The number of urea groups is 1. The molecule has 28 heavy (non-hydrogen) atoms. The van der Waals surface area contributed by atoms with Crippen molar-refractivity contribution in [3.05, 3.63) is 53.3 Å². The lowest BCUT2D eigenvalue weighted by Crippen LogP contribution is -2.41. The van der Waals surface area contributed by atoms with Crippen molar-refractivity contribution in [2.75, 3.05) is 39.0 Å². The molecule has 1 aromatic heterocycles. The molecule has 6 nitrogen and oxygen atoms in total. The van der Waals surface area contributed by atoms with Crippen molar-refractivity contribution in [2.45, 2.75) is 19.4 Å². The van der Waals surface area contributed by atoms with Crippen LogP contribution >= 0.6 is 11.6 Å². The Morgan fingerprint density at radius 3 is 2.96 bits per heavy atom. The summed E-state index contributed by atoms with van der Waals surface area (Å²) in [6, 6.07) is 10.8. The van der Waals surface area contributed by atoms with E-state index in [-0.39, 0.29) is 6.03 Å². The first kappa shape index (κ1) is 20.4. The number of piperidine rings is 1. The largest absolute Gasteiger partial charge is 0.486 e. The zero-order valence-corrected chi connectivity index (χ0v) is 17.2. The molecule has 1 aliphatic rings. The number of carbonyl (C=O) groups excluding carboxylic acids is 1. The zero-order valence-electron chi connectivity index (χ0n) is 16.4. The molecule has 150 valence electrons. The van der Waals surface area contributed by atoms with Gasteiger partial charge in [-0.2, -0.15) is 0 Å². The molecule has 1 saturated heterocycles. The monoisotopic (exact) mass is 402 g/mol. The maximum atomic E-state index is 12.5. The number of nitrogens with zero attached hydrogens (tertiary/aromatic N) is 3. The number of ether oxygens (including phenoxy) is 1. The fraction of sp³-hybridized carbons (Fsp3) is 0.429. The Morgan fingerprint density at radius 2 is 2.25 bits per heavy atom. The summed E-state index contributed by atoms with van der Waals surface area (Å²) >= 11 is 6.31. The van der Waals surface area contributed by atoms with E-state index >= 15 is 0 Å². The number of hydrogen-bond acceptors (Lipinski definition) is 4. The first-order valence-corrected chi connectivity index (χ1v) is 9.92. The van der Waals surface area contributed by atoms with Crippen LogP contribution < -0.4 is 10.1 Å². The van der Waals surface area contributed by atoms with Gasteiger partial charge in [0, 0.05) is 32.0 Å². The molecule has 2 aromatic rings. The summed E-state index contributed by atoms with van der Waals surface area (Å²) in [6.45, 7) is 3.26. The van der Waals surface area contributed by atoms with Crippen LogP contribution in [0.15, 0.2) is 42.6 Å². The number of likely N-dealkylation sites (tertiary alicyclic amines) is 1. The number of pyridine rings is 1. The molecule has 0 spiro atoms. The predicted octanol–water partition coefficient (Wildman–Crippen LogP) is 4.12. The van der Waals surface area contributed by atoms with Gasteiger partial charge in [0.1, 0.15) is 12.4 Å². The second-order valence-electron chi connectivity index (χ2n) is 7.34. The van der Waals surface area contributed by atoms with Gasteiger partial charge < -0.3 is 19.9 Å². The molecule has 1 N–H and O–H groups in total. The summed E-state index contributed by atoms with van der Waals surface area (Å²) in [5.41, 5.74) is 1.47. The summed E-state index contributed by atoms with van der Waals surface area (Å²) < 4.78 is 5.72. The molecule has 3 rings (SSSR count). The molecule has 1 aliphatic heterocycles. The number of anilines is 1. The van der Waals surface area contributed by atoms with E-state index in [2.05, 4.69) is 22.2 Å². The summed E-state index contributed by atoms with van der Waals surface area (Å²) in [4.78, 5) is 20.8. The van der Waals surface area contributed by atoms with Crippen LogP contribution in [0.5, 0.6) is 5.75 Å². The van der Waals surface area contributed by atoms with Gasteiger partial charge in [-0.15, -0.1) is 0 Å². The number of halogens is 1. The number of carbonyl (C=O) groups is 1. The Morgan fingerprint density at radius 1 is 1.39 bits per heavy atom. The van der Waals surface area contributed by atoms with E-state index in [1.54, 1.807) is 29.3 Å². The van der Waals surface area contributed by atoms with Crippen molar-refractivity contribution in [1.29, 1.82) is 0 Å². The van der Waals surface area contributed by atoms with E-state index in [1.807, 2.05) is 25.2 Å². The standard InChI is InChI=1S/C21H27ClN4O2/c1-25-11-5-6-16(13-25)14-26(2)21(27)24-17-8-9-20(19(22)12-17)28-15-18-7-3-4-10-23-18/h3-4,7-10,12,16H,5-6,11,13-15H2,1-2H3,(H,24,27). The minimum Gasteiger partial charge on any atom is -0.486 e. The molecular weight excluding hydrogens is 376 g/mol. The lowest BCUT2D eigenvalue weighted by atomic mass is 9.98. The van der Waals surface area contributed by atoms with Crippen LogP contribution in [0.25, 0.3) is 0 Å². The Labute approximate surface area is 171 Å².